The van der Waals surface area contributed by atoms with E-state index in [1.54, 1.807) is 93.2 Å². The second-order valence-corrected chi connectivity index (χ2v) is 22.9. The number of anilines is 7. The number of benzene rings is 2. The highest BCUT2D eigenvalue weighted by Gasteiger charge is 2.52. The molecule has 2 aromatic carbocycles. The summed E-state index contributed by atoms with van der Waals surface area (Å²) in [4.78, 5) is 92.0. The lowest BCUT2D eigenvalue weighted by Crippen LogP contribution is -2.42. The van der Waals surface area contributed by atoms with Gasteiger partial charge in [-0.2, -0.15) is 26.3 Å². The van der Waals surface area contributed by atoms with Crippen molar-refractivity contribution in [2.45, 2.75) is 112 Å². The number of nitrogens with one attached hydrogen (secondary N) is 3. The zero-order chi connectivity index (χ0) is 69.1. The molecule has 2 aliphatic carbocycles. The normalized spacial score (nSPS) is 15.4. The predicted molar refractivity (Wildman–Crippen MR) is 351 cm³/mol. The number of Topliss-reactive ketones (excluding diaryl/α,β-unsaturated/α-hetero) is 2. The molecule has 9 aromatic rings. The molecule has 2 unspecified atom stereocenters. The maximum absolute atomic E-state index is 13.4. The number of pyridine rings is 4. The van der Waals surface area contributed by atoms with Crippen molar-refractivity contribution in [2.75, 3.05) is 28.3 Å². The third-order valence-electron chi connectivity index (χ3n) is 14.8. The topological polar surface area (TPSA) is 289 Å². The summed E-state index contributed by atoms with van der Waals surface area (Å²) in [7, 11) is 0. The fourth-order valence-corrected chi connectivity index (χ4v) is 10.5. The first-order valence-corrected chi connectivity index (χ1v) is 30.7. The number of esters is 1. The van der Waals surface area contributed by atoms with Gasteiger partial charge in [-0.1, -0.05) is 38.1 Å². The molecule has 11 rings (SSSR count). The average Bonchev–Trinajstić information content (AvgIpc) is 0.766. The molecule has 0 amide bonds. The molecule has 7 heterocycles. The number of carbonyl (C=O) groups is 4. The van der Waals surface area contributed by atoms with Crippen molar-refractivity contribution in [3.05, 3.63) is 197 Å². The first-order chi connectivity index (χ1) is 45.2. The Balaban J connectivity index is 0.000000198. The minimum atomic E-state index is -4.65. The summed E-state index contributed by atoms with van der Waals surface area (Å²) in [5.41, 5.74) is 12.3. The molecule has 7 aromatic heterocycles. The number of nitrogens with two attached hydrogens (primary N) is 1. The van der Waals surface area contributed by atoms with Crippen molar-refractivity contribution in [2.24, 2.45) is 10.8 Å². The summed E-state index contributed by atoms with van der Waals surface area (Å²) in [5.74, 6) is -1.97. The van der Waals surface area contributed by atoms with Gasteiger partial charge in [0.15, 0.2) is 11.6 Å². The molecule has 27 heteroatoms. The number of carbonyl (C=O) groups excluding carboxylic acids is 3. The minimum Gasteiger partial charge on any atom is -0.481 e. The highest BCUT2D eigenvalue weighted by atomic mass is 79.9. The molecule has 0 saturated heterocycles. The number of hydrogen-bond acceptors (Lipinski definition) is 19. The highest BCUT2D eigenvalue weighted by Crippen LogP contribution is 2.48. The summed E-state index contributed by atoms with van der Waals surface area (Å²) < 4.78 is 85.4. The van der Waals surface area contributed by atoms with Crippen LogP contribution in [0.25, 0.3) is 22.5 Å². The van der Waals surface area contributed by atoms with E-state index < -0.39 is 72.4 Å². The molecule has 2 aliphatic rings. The van der Waals surface area contributed by atoms with E-state index in [0.29, 0.717) is 51.1 Å². The van der Waals surface area contributed by atoms with E-state index in [-0.39, 0.29) is 43.4 Å². The van der Waals surface area contributed by atoms with Crippen LogP contribution < -0.4 is 21.7 Å². The fraction of sp³-hybridized carbons (Fsp3) is 0.294. The van der Waals surface area contributed by atoms with Gasteiger partial charge in [0.1, 0.15) is 22.1 Å². The van der Waals surface area contributed by atoms with Crippen molar-refractivity contribution < 1.29 is 55.4 Å². The van der Waals surface area contributed by atoms with Gasteiger partial charge in [-0.05, 0) is 148 Å². The van der Waals surface area contributed by atoms with E-state index in [0.717, 1.165) is 50.1 Å². The van der Waals surface area contributed by atoms with E-state index in [9.17, 15) is 50.6 Å². The van der Waals surface area contributed by atoms with E-state index in [1.165, 1.54) is 12.1 Å². The van der Waals surface area contributed by atoms with E-state index in [1.807, 2.05) is 90.1 Å². The standard InChI is InChI=1S/C26H25F3N4O3.C24H21F3N4O3.C10H9BrN4.C6H8N2.C2H6/c1-3-36-23(34)11-25(15-26(27,28)29)9-8-17-10-18(5-7-20(17)24(25)35)21-13-32-22(14-31-21)33-19-6-4-16(2)30-12-19;1-14-2-4-17(10-28-14)31-20-12-29-19(11-30-20)16-3-5-18-15(8-16)6-7-23(22(18)34,9-21(32)33)13-24(25,26)27;1-7-2-3-8(4-12-7)15-10-6-13-9(11)5-14-10;1-5-2-3-6(7)4-8-5;1-2/h4-7,10,12-14H,3,8-9,11,15H2,1-2H3,(H,32,33);2-5,8,10-12H,6-7,9,13H2,1H3,(H,30,31)(H,32,33);2-6H,1H3,(H,14,15);2-4H,7H2,1H3;1-2H3. The second-order valence-electron chi connectivity index (χ2n) is 22.1. The smallest absolute Gasteiger partial charge is 0.390 e. The Labute approximate surface area is 552 Å². The van der Waals surface area contributed by atoms with Crippen molar-refractivity contribution in [3.8, 4) is 22.5 Å². The third kappa shape index (κ3) is 21.2. The van der Waals surface area contributed by atoms with Gasteiger partial charge in [0, 0.05) is 45.0 Å². The van der Waals surface area contributed by atoms with Crippen molar-refractivity contribution in [3.63, 3.8) is 0 Å². The lowest BCUT2D eigenvalue weighted by Gasteiger charge is -2.36. The number of aromatic nitrogens is 10. The zero-order valence-electron chi connectivity index (χ0n) is 52.9. The number of fused-ring (bicyclic) bond motifs is 2. The van der Waals surface area contributed by atoms with Gasteiger partial charge in [0.2, 0.25) is 0 Å². The van der Waals surface area contributed by atoms with Gasteiger partial charge >= 0.3 is 24.3 Å². The molecule has 6 N–H and O–H groups in total. The van der Waals surface area contributed by atoms with Crippen LogP contribution in [-0.2, 0) is 27.2 Å². The van der Waals surface area contributed by atoms with Gasteiger partial charge < -0.3 is 31.5 Å². The molecule has 0 fully saturated rings. The summed E-state index contributed by atoms with van der Waals surface area (Å²) in [6.07, 6.45) is 2.87. The number of nitrogen functional groups attached to an aromatic ring is 1. The summed E-state index contributed by atoms with van der Waals surface area (Å²) >= 11 is 3.23. The molecule has 2 atom stereocenters. The molecule has 0 saturated carbocycles. The average molecular weight is 1370 g/mol. The number of nitrogens with zero attached hydrogens (tertiary/aromatic N) is 10. The Morgan fingerprint density at radius 2 is 0.916 bits per heavy atom. The summed E-state index contributed by atoms with van der Waals surface area (Å²) in [5, 5.41) is 18.5. The quantitative estimate of drug-likeness (QED) is 0.0471. The number of rotatable bonds is 15. The summed E-state index contributed by atoms with van der Waals surface area (Å²) in [6, 6.07) is 24.7. The Morgan fingerprint density at radius 1 is 0.526 bits per heavy atom. The number of hydrogen-bond donors (Lipinski definition) is 5. The van der Waals surface area contributed by atoms with E-state index in [4.69, 9.17) is 10.5 Å². The SMILES string of the molecule is CC.CCOC(=O)CC1(CC(F)(F)F)CCc2cc(-c3cnc(Nc4ccc(C)nc4)cn3)ccc2C1=O.Cc1ccc(N)cn1.Cc1ccc(Nc2cnc(-c3ccc4c(c3)CCC(CC(=O)O)(CC(F)(F)F)C4=O)cn2)cn1.Cc1ccc(Nc2cnc(Br)cn2)cn1. The van der Waals surface area contributed by atoms with Gasteiger partial charge in [-0.3, -0.25) is 49.1 Å². The molecular weight excluding hydrogens is 1300 g/mol. The number of carboxylic acids is 1. The van der Waals surface area contributed by atoms with Crippen LogP contribution in [0.5, 0.6) is 0 Å². The van der Waals surface area contributed by atoms with Crippen LogP contribution in [0.1, 0.15) is 114 Å². The molecule has 20 nitrogen and oxygen atoms in total. The number of ketones is 2. The Hall–Kier alpha value is -10.2. The van der Waals surface area contributed by atoms with Crippen LogP contribution in [0.15, 0.2) is 152 Å². The minimum absolute atomic E-state index is 0.0340. The monoisotopic (exact) mass is 1370 g/mol. The Bertz CT molecular complexity index is 3980. The molecule has 95 heavy (non-hydrogen) atoms. The van der Waals surface area contributed by atoms with Gasteiger partial charge in [-0.25, -0.2) is 19.9 Å². The van der Waals surface area contributed by atoms with Crippen LogP contribution in [0.2, 0.25) is 0 Å². The van der Waals surface area contributed by atoms with Crippen molar-refractivity contribution in [1.82, 2.24) is 49.8 Å². The van der Waals surface area contributed by atoms with E-state index in [2.05, 4.69) is 81.7 Å². The lowest BCUT2D eigenvalue weighted by atomic mass is 9.66. The molecular formula is C68H69BrF6N14O6. The first-order valence-electron chi connectivity index (χ1n) is 29.9. The van der Waals surface area contributed by atoms with Gasteiger partial charge in [0.05, 0.1) is 139 Å². The highest BCUT2D eigenvalue weighted by molar-refractivity contribution is 9.10. The largest absolute Gasteiger partial charge is 0.481 e. The van der Waals surface area contributed by atoms with Crippen molar-refractivity contribution >= 4 is 79.6 Å². The molecule has 496 valence electrons. The maximum Gasteiger partial charge on any atom is 0.390 e. The van der Waals surface area contributed by atoms with Gasteiger partial charge in [0.25, 0.3) is 0 Å². The lowest BCUT2D eigenvalue weighted by molar-refractivity contribution is -0.163. The number of halogens is 7. The first kappa shape index (κ1) is 72.2. The molecule has 0 spiro atoms. The van der Waals surface area contributed by atoms with E-state index >= 15 is 0 Å². The third-order valence-corrected chi connectivity index (χ3v) is 15.2. The number of ether oxygens (including phenoxy) is 1. The molecule has 0 radical (unpaired) electrons. The van der Waals surface area contributed by atoms with Gasteiger partial charge in [-0.15, -0.1) is 0 Å². The number of aliphatic carboxylic acids is 1. The number of carboxylic acid groups (broad SMARTS) is 1. The maximum atomic E-state index is 13.4. The Morgan fingerprint density at radius 3 is 1.23 bits per heavy atom. The zero-order valence-corrected chi connectivity index (χ0v) is 54.5. The van der Waals surface area contributed by atoms with Crippen LogP contribution >= 0.6 is 15.9 Å². The Kier molecular flexibility index (Phi) is 24.8. The number of aryl methyl sites for hydroxylation is 6. The molecule has 0 aliphatic heterocycles. The van der Waals surface area contributed by atoms with Crippen LogP contribution in [0.3, 0.4) is 0 Å². The number of alkyl halides is 6. The summed E-state index contributed by atoms with van der Waals surface area (Å²) in [6.45, 7) is 13.3. The van der Waals surface area contributed by atoms with Crippen LogP contribution in [0.4, 0.5) is 66.5 Å². The van der Waals surface area contributed by atoms with Crippen LogP contribution in [-0.4, -0.2) is 97.4 Å². The second kappa shape index (κ2) is 32.6. The fourth-order valence-electron chi connectivity index (χ4n) is 10.3. The van der Waals surface area contributed by atoms with Crippen molar-refractivity contribution in [1.29, 1.82) is 0 Å². The molecule has 0 bridgehead atoms. The van der Waals surface area contributed by atoms with Crippen LogP contribution in [0, 0.1) is 38.5 Å². The predicted octanol–water partition coefficient (Wildman–Crippen LogP) is 15.4.